The van der Waals surface area contributed by atoms with Gasteiger partial charge in [-0.2, -0.15) is 0 Å². The molecule has 0 aliphatic heterocycles. The van der Waals surface area contributed by atoms with Crippen molar-refractivity contribution in [2.45, 2.75) is 27.7 Å². The van der Waals surface area contributed by atoms with Gasteiger partial charge in [-0.15, -0.1) is 0 Å². The van der Waals surface area contributed by atoms with Crippen molar-refractivity contribution >= 4 is 17.6 Å². The maximum absolute atomic E-state index is 12.1. The molecule has 6 nitrogen and oxygen atoms in total. The summed E-state index contributed by atoms with van der Waals surface area (Å²) in [5.41, 5.74) is -0.233. The summed E-state index contributed by atoms with van der Waals surface area (Å²) in [5.74, 6) is -2.38. The number of carboxylic acid groups (broad SMARTS) is 1. The van der Waals surface area contributed by atoms with Gasteiger partial charge in [0.05, 0.1) is 18.5 Å². The molecule has 0 aliphatic rings. The third-order valence-corrected chi connectivity index (χ3v) is 2.67. The number of rotatable bonds is 5. The van der Waals surface area contributed by atoms with Gasteiger partial charge in [-0.25, -0.2) is 4.98 Å². The second-order valence-electron chi connectivity index (χ2n) is 5.44. The molecule has 1 unspecified atom stereocenters. The van der Waals surface area contributed by atoms with Crippen molar-refractivity contribution in [3.05, 3.63) is 18.3 Å². The Bertz CT molecular complexity index is 477. The van der Waals surface area contributed by atoms with E-state index in [1.165, 1.54) is 6.20 Å². The number of nitrogens with one attached hydrogen (secondary N) is 1. The maximum atomic E-state index is 12.1. The molecule has 6 heteroatoms. The zero-order valence-corrected chi connectivity index (χ0v) is 12.1. The van der Waals surface area contributed by atoms with E-state index in [0.29, 0.717) is 18.2 Å². The van der Waals surface area contributed by atoms with Gasteiger partial charge >= 0.3 is 5.97 Å². The Balaban J connectivity index is 2.81. The van der Waals surface area contributed by atoms with Gasteiger partial charge in [-0.1, -0.05) is 20.8 Å². The molecule has 110 valence electrons. The molecule has 0 radical (unpaired) electrons. The molecule has 0 saturated heterocycles. The summed E-state index contributed by atoms with van der Waals surface area (Å²) >= 11 is 0. The fourth-order valence-corrected chi connectivity index (χ4v) is 1.78. The van der Waals surface area contributed by atoms with Gasteiger partial charge in [0.2, 0.25) is 11.8 Å². The third kappa shape index (κ3) is 4.22. The number of nitrogens with zero attached hydrogens (tertiary/aromatic N) is 1. The van der Waals surface area contributed by atoms with Gasteiger partial charge in [-0.05, 0) is 18.4 Å². The Morgan fingerprint density at radius 3 is 2.45 bits per heavy atom. The lowest BCUT2D eigenvalue weighted by Gasteiger charge is -2.25. The van der Waals surface area contributed by atoms with Crippen molar-refractivity contribution < 1.29 is 19.4 Å². The average Bonchev–Trinajstić information content (AvgIpc) is 2.29. The van der Waals surface area contributed by atoms with Crippen molar-refractivity contribution in [1.82, 2.24) is 4.98 Å². The van der Waals surface area contributed by atoms with Crippen LogP contribution in [0.3, 0.4) is 0 Å². The fourth-order valence-electron chi connectivity index (χ4n) is 1.78. The molecule has 1 amide bonds. The van der Waals surface area contributed by atoms with Crippen LogP contribution in [0.25, 0.3) is 0 Å². The number of ether oxygens (including phenoxy) is 1. The first-order valence-electron chi connectivity index (χ1n) is 6.38. The number of aromatic nitrogens is 1. The number of hydrogen-bond acceptors (Lipinski definition) is 4. The monoisotopic (exact) mass is 280 g/mol. The molecule has 1 aromatic rings. The van der Waals surface area contributed by atoms with E-state index in [2.05, 4.69) is 10.3 Å². The molecule has 1 rings (SSSR count). The minimum absolute atomic E-state index is 0.439. The topological polar surface area (TPSA) is 88.5 Å². The molecule has 1 atom stereocenters. The number of aliphatic carboxylic acids is 1. The normalized spacial score (nSPS) is 12.6. The first kappa shape index (κ1) is 15.9. The quantitative estimate of drug-likeness (QED) is 0.807. The van der Waals surface area contributed by atoms with Crippen LogP contribution in [0.15, 0.2) is 18.3 Å². The van der Waals surface area contributed by atoms with E-state index < -0.39 is 23.2 Å². The zero-order valence-electron chi connectivity index (χ0n) is 12.1. The second-order valence-corrected chi connectivity index (χ2v) is 5.44. The molecule has 0 bridgehead atoms. The van der Waals surface area contributed by atoms with Crippen LogP contribution in [-0.4, -0.2) is 28.6 Å². The molecule has 2 N–H and O–H groups in total. The summed E-state index contributed by atoms with van der Waals surface area (Å²) in [4.78, 5) is 27.3. The number of carboxylic acids is 1. The number of anilines is 1. The summed E-state index contributed by atoms with van der Waals surface area (Å²) in [6.45, 7) is 7.48. The van der Waals surface area contributed by atoms with E-state index in [9.17, 15) is 14.7 Å². The molecule has 0 aromatic carbocycles. The lowest BCUT2D eigenvalue weighted by molar-refractivity contribution is -0.149. The predicted molar refractivity (Wildman–Crippen MR) is 74.6 cm³/mol. The minimum Gasteiger partial charge on any atom is -0.481 e. The predicted octanol–water partition coefficient (Wildman–Crippen LogP) is 2.17. The Hall–Kier alpha value is -2.11. The highest BCUT2D eigenvalue weighted by Crippen LogP contribution is 2.27. The van der Waals surface area contributed by atoms with E-state index in [0.717, 1.165) is 0 Å². The molecule has 0 spiro atoms. The smallest absolute Gasteiger partial charge is 0.316 e. The van der Waals surface area contributed by atoms with Crippen LogP contribution >= 0.6 is 0 Å². The van der Waals surface area contributed by atoms with Crippen LogP contribution in [0.2, 0.25) is 0 Å². The summed E-state index contributed by atoms with van der Waals surface area (Å²) in [6.07, 6.45) is 1.43. The highest BCUT2D eigenvalue weighted by atomic mass is 16.5. The van der Waals surface area contributed by atoms with E-state index >= 15 is 0 Å². The van der Waals surface area contributed by atoms with Crippen molar-refractivity contribution in [2.75, 3.05) is 11.9 Å². The summed E-state index contributed by atoms with van der Waals surface area (Å²) in [7, 11) is 0. The Morgan fingerprint density at radius 2 is 2.05 bits per heavy atom. The van der Waals surface area contributed by atoms with Crippen molar-refractivity contribution in [3.63, 3.8) is 0 Å². The molecule has 1 aromatic heterocycles. The van der Waals surface area contributed by atoms with Gasteiger partial charge in [-0.3, -0.25) is 9.59 Å². The number of hydrogen-bond donors (Lipinski definition) is 2. The van der Waals surface area contributed by atoms with Crippen LogP contribution in [0.1, 0.15) is 27.7 Å². The Kier molecular flexibility index (Phi) is 5.07. The first-order valence-corrected chi connectivity index (χ1v) is 6.38. The lowest BCUT2D eigenvalue weighted by Crippen LogP contribution is -2.39. The lowest BCUT2D eigenvalue weighted by atomic mass is 9.80. The van der Waals surface area contributed by atoms with E-state index in [4.69, 9.17) is 4.74 Å². The number of carbonyl (C=O) groups excluding carboxylic acids is 1. The molecule has 1 heterocycles. The number of carbonyl (C=O) groups is 2. The third-order valence-electron chi connectivity index (χ3n) is 2.67. The van der Waals surface area contributed by atoms with Crippen LogP contribution in [0.5, 0.6) is 5.88 Å². The SMILES string of the molecule is CCOc1ccc(NC(=O)C(C(=O)O)C(C)(C)C)cn1. The van der Waals surface area contributed by atoms with Crippen molar-refractivity contribution in [2.24, 2.45) is 11.3 Å². The summed E-state index contributed by atoms with van der Waals surface area (Å²) in [6, 6.07) is 3.24. The van der Waals surface area contributed by atoms with Crippen LogP contribution in [0, 0.1) is 11.3 Å². The van der Waals surface area contributed by atoms with Gasteiger partial charge in [0, 0.05) is 6.07 Å². The standard InChI is InChI=1S/C14H20N2O4/c1-5-20-10-7-6-9(8-15-10)16-12(17)11(13(18)19)14(2,3)4/h6-8,11H,5H2,1-4H3,(H,16,17)(H,18,19). The summed E-state index contributed by atoms with van der Waals surface area (Å²) < 4.78 is 5.19. The van der Waals surface area contributed by atoms with E-state index in [1.807, 2.05) is 6.92 Å². The minimum atomic E-state index is -1.14. The molecular formula is C14H20N2O4. The Labute approximate surface area is 118 Å². The maximum Gasteiger partial charge on any atom is 0.316 e. The van der Waals surface area contributed by atoms with Gasteiger partial charge < -0.3 is 15.2 Å². The largest absolute Gasteiger partial charge is 0.481 e. The number of amides is 1. The van der Waals surface area contributed by atoms with Crippen molar-refractivity contribution in [1.29, 1.82) is 0 Å². The van der Waals surface area contributed by atoms with E-state index in [1.54, 1.807) is 32.9 Å². The van der Waals surface area contributed by atoms with Crippen LogP contribution < -0.4 is 10.1 Å². The van der Waals surface area contributed by atoms with E-state index in [-0.39, 0.29) is 0 Å². The first-order chi connectivity index (χ1) is 9.25. The molecule has 0 aliphatic carbocycles. The zero-order chi connectivity index (χ0) is 15.3. The van der Waals surface area contributed by atoms with Gasteiger partial charge in [0.15, 0.2) is 0 Å². The number of pyridine rings is 1. The highest BCUT2D eigenvalue weighted by molar-refractivity contribution is 6.04. The average molecular weight is 280 g/mol. The van der Waals surface area contributed by atoms with Crippen LogP contribution in [-0.2, 0) is 9.59 Å². The molecule has 0 saturated carbocycles. The van der Waals surface area contributed by atoms with Crippen molar-refractivity contribution in [3.8, 4) is 5.88 Å². The fraction of sp³-hybridized carbons (Fsp3) is 0.500. The van der Waals surface area contributed by atoms with Gasteiger partial charge in [0.1, 0.15) is 5.92 Å². The Morgan fingerprint density at radius 1 is 1.40 bits per heavy atom. The molecule has 0 fully saturated rings. The van der Waals surface area contributed by atoms with Crippen LogP contribution in [0.4, 0.5) is 5.69 Å². The molecule has 20 heavy (non-hydrogen) atoms. The highest BCUT2D eigenvalue weighted by Gasteiger charge is 2.37. The van der Waals surface area contributed by atoms with Gasteiger partial charge in [0.25, 0.3) is 0 Å². The second kappa shape index (κ2) is 6.36. The molecular weight excluding hydrogens is 260 g/mol. The summed E-state index contributed by atoms with van der Waals surface area (Å²) in [5, 5.41) is 11.7.